The summed E-state index contributed by atoms with van der Waals surface area (Å²) >= 11 is 0. The zero-order valence-electron chi connectivity index (χ0n) is 7.88. The Morgan fingerprint density at radius 3 is 2.86 bits per heavy atom. The standard InChI is InChI=1S/C10H12FNO2/c1-7-6-8(2-3-9(7)11)12-5-4-10(13)14/h2-3,6,12H,4-5H2,1H3,(H,13,14). The lowest BCUT2D eigenvalue weighted by Crippen LogP contribution is -2.07. The number of rotatable bonds is 4. The maximum Gasteiger partial charge on any atom is 0.305 e. The van der Waals surface area contributed by atoms with Crippen LogP contribution in [-0.2, 0) is 4.79 Å². The lowest BCUT2D eigenvalue weighted by Gasteiger charge is -2.05. The SMILES string of the molecule is Cc1cc(NCCC(=O)O)ccc1F. The molecule has 1 aromatic rings. The fourth-order valence-corrected chi connectivity index (χ4v) is 1.07. The third-order valence-electron chi connectivity index (χ3n) is 1.83. The van der Waals surface area contributed by atoms with Gasteiger partial charge in [-0.2, -0.15) is 0 Å². The zero-order valence-corrected chi connectivity index (χ0v) is 7.88. The van der Waals surface area contributed by atoms with Crippen LogP contribution in [-0.4, -0.2) is 17.6 Å². The van der Waals surface area contributed by atoms with Crippen molar-refractivity contribution in [1.29, 1.82) is 0 Å². The second-order valence-electron chi connectivity index (χ2n) is 3.03. The maximum absolute atomic E-state index is 12.8. The molecule has 0 spiro atoms. The Kier molecular flexibility index (Phi) is 3.45. The maximum atomic E-state index is 12.8. The quantitative estimate of drug-likeness (QED) is 0.776. The highest BCUT2D eigenvalue weighted by Gasteiger charge is 1.99. The van der Waals surface area contributed by atoms with E-state index in [-0.39, 0.29) is 12.2 Å². The van der Waals surface area contributed by atoms with Crippen LogP contribution in [0.3, 0.4) is 0 Å². The molecule has 3 nitrogen and oxygen atoms in total. The van der Waals surface area contributed by atoms with Gasteiger partial charge in [0.05, 0.1) is 6.42 Å². The summed E-state index contributed by atoms with van der Waals surface area (Å²) in [5.74, 6) is -1.11. The van der Waals surface area contributed by atoms with E-state index in [2.05, 4.69) is 5.32 Å². The first-order valence-electron chi connectivity index (χ1n) is 4.31. The second-order valence-corrected chi connectivity index (χ2v) is 3.03. The molecule has 0 amide bonds. The summed E-state index contributed by atoms with van der Waals surface area (Å²) < 4.78 is 12.8. The molecule has 0 heterocycles. The van der Waals surface area contributed by atoms with Crippen molar-refractivity contribution < 1.29 is 14.3 Å². The van der Waals surface area contributed by atoms with Crippen LogP contribution in [0.4, 0.5) is 10.1 Å². The monoisotopic (exact) mass is 197 g/mol. The Labute approximate surface area is 81.6 Å². The van der Waals surface area contributed by atoms with Crippen LogP contribution >= 0.6 is 0 Å². The van der Waals surface area contributed by atoms with Crippen molar-refractivity contribution in [2.24, 2.45) is 0 Å². The summed E-state index contributed by atoms with van der Waals surface area (Å²) in [7, 11) is 0. The smallest absolute Gasteiger partial charge is 0.305 e. The van der Waals surface area contributed by atoms with Crippen molar-refractivity contribution in [3.8, 4) is 0 Å². The van der Waals surface area contributed by atoms with E-state index in [0.717, 1.165) is 5.69 Å². The predicted molar refractivity (Wildman–Crippen MR) is 51.9 cm³/mol. The van der Waals surface area contributed by atoms with Gasteiger partial charge in [0.15, 0.2) is 0 Å². The predicted octanol–water partition coefficient (Wildman–Crippen LogP) is 2.02. The number of halogens is 1. The number of carboxylic acids is 1. The Bertz CT molecular complexity index is 339. The second kappa shape index (κ2) is 4.60. The molecule has 0 aliphatic rings. The van der Waals surface area contributed by atoms with Crippen molar-refractivity contribution >= 4 is 11.7 Å². The molecule has 0 bridgehead atoms. The minimum Gasteiger partial charge on any atom is -0.481 e. The number of carboxylic acid groups (broad SMARTS) is 1. The first-order chi connectivity index (χ1) is 6.59. The van der Waals surface area contributed by atoms with E-state index in [0.29, 0.717) is 12.1 Å². The van der Waals surface area contributed by atoms with E-state index in [4.69, 9.17) is 5.11 Å². The van der Waals surface area contributed by atoms with Gasteiger partial charge in [0.2, 0.25) is 0 Å². The van der Waals surface area contributed by atoms with Gasteiger partial charge in [0, 0.05) is 12.2 Å². The highest BCUT2D eigenvalue weighted by atomic mass is 19.1. The largest absolute Gasteiger partial charge is 0.481 e. The zero-order chi connectivity index (χ0) is 10.6. The van der Waals surface area contributed by atoms with Crippen molar-refractivity contribution in [2.45, 2.75) is 13.3 Å². The van der Waals surface area contributed by atoms with Gasteiger partial charge in [-0.25, -0.2) is 4.39 Å². The van der Waals surface area contributed by atoms with Crippen LogP contribution in [0.5, 0.6) is 0 Å². The minimum absolute atomic E-state index is 0.0520. The molecule has 2 N–H and O–H groups in total. The lowest BCUT2D eigenvalue weighted by molar-refractivity contribution is -0.136. The number of benzene rings is 1. The summed E-state index contributed by atoms with van der Waals surface area (Å²) in [6.45, 7) is 2.01. The summed E-state index contributed by atoms with van der Waals surface area (Å²) in [4.78, 5) is 10.2. The molecule has 1 rings (SSSR count). The van der Waals surface area contributed by atoms with Gasteiger partial charge in [0.1, 0.15) is 5.82 Å². The van der Waals surface area contributed by atoms with E-state index in [1.807, 2.05) is 0 Å². The summed E-state index contributed by atoms with van der Waals surface area (Å²) in [6, 6.07) is 4.60. The van der Waals surface area contributed by atoms with Gasteiger partial charge in [-0.15, -0.1) is 0 Å². The molecule has 0 saturated carbocycles. The molecule has 0 radical (unpaired) electrons. The van der Waals surface area contributed by atoms with Crippen LogP contribution in [0, 0.1) is 12.7 Å². The van der Waals surface area contributed by atoms with E-state index >= 15 is 0 Å². The molecule has 0 unspecified atom stereocenters. The first kappa shape index (κ1) is 10.5. The summed E-state index contributed by atoms with van der Waals surface area (Å²) in [6.07, 6.45) is 0.0520. The molecule has 0 aliphatic heterocycles. The Morgan fingerprint density at radius 2 is 2.29 bits per heavy atom. The molecule has 0 aromatic heterocycles. The van der Waals surface area contributed by atoms with E-state index in [1.165, 1.54) is 6.07 Å². The Balaban J connectivity index is 2.51. The van der Waals surface area contributed by atoms with Crippen LogP contribution in [0.15, 0.2) is 18.2 Å². The molecule has 1 aromatic carbocycles. The van der Waals surface area contributed by atoms with Gasteiger partial charge in [-0.1, -0.05) is 0 Å². The molecule has 0 fully saturated rings. The van der Waals surface area contributed by atoms with Crippen molar-refractivity contribution in [3.05, 3.63) is 29.6 Å². The molecule has 0 saturated heterocycles. The molecule has 4 heteroatoms. The van der Waals surface area contributed by atoms with Crippen LogP contribution in [0.1, 0.15) is 12.0 Å². The number of anilines is 1. The molecule has 0 atom stereocenters. The topological polar surface area (TPSA) is 49.3 Å². The number of hydrogen-bond donors (Lipinski definition) is 2. The average Bonchev–Trinajstić information content (AvgIpc) is 2.10. The van der Waals surface area contributed by atoms with Crippen LogP contribution < -0.4 is 5.32 Å². The summed E-state index contributed by atoms with van der Waals surface area (Å²) in [5, 5.41) is 11.3. The third kappa shape index (κ3) is 3.05. The van der Waals surface area contributed by atoms with Gasteiger partial charge in [0.25, 0.3) is 0 Å². The third-order valence-corrected chi connectivity index (χ3v) is 1.83. The van der Waals surface area contributed by atoms with Gasteiger partial charge in [-0.05, 0) is 30.7 Å². The van der Waals surface area contributed by atoms with Crippen LogP contribution in [0.25, 0.3) is 0 Å². The first-order valence-corrected chi connectivity index (χ1v) is 4.31. The average molecular weight is 197 g/mol. The summed E-state index contributed by atoms with van der Waals surface area (Å²) in [5.41, 5.74) is 1.29. The van der Waals surface area contributed by atoms with Gasteiger partial charge in [-0.3, -0.25) is 4.79 Å². The fourth-order valence-electron chi connectivity index (χ4n) is 1.07. The highest BCUT2D eigenvalue weighted by molar-refractivity contribution is 5.67. The van der Waals surface area contributed by atoms with E-state index < -0.39 is 5.97 Å². The number of aliphatic carboxylic acids is 1. The molecule has 14 heavy (non-hydrogen) atoms. The molecular weight excluding hydrogens is 185 g/mol. The molecule has 0 aliphatic carbocycles. The van der Waals surface area contributed by atoms with Crippen molar-refractivity contribution in [2.75, 3.05) is 11.9 Å². The number of aryl methyl sites for hydroxylation is 1. The van der Waals surface area contributed by atoms with E-state index in [1.54, 1.807) is 19.1 Å². The lowest BCUT2D eigenvalue weighted by atomic mass is 10.2. The fraction of sp³-hybridized carbons (Fsp3) is 0.300. The Hall–Kier alpha value is -1.58. The van der Waals surface area contributed by atoms with Crippen molar-refractivity contribution in [1.82, 2.24) is 0 Å². The number of nitrogens with one attached hydrogen (secondary N) is 1. The van der Waals surface area contributed by atoms with Gasteiger partial charge >= 0.3 is 5.97 Å². The van der Waals surface area contributed by atoms with Crippen molar-refractivity contribution in [3.63, 3.8) is 0 Å². The highest BCUT2D eigenvalue weighted by Crippen LogP contribution is 2.13. The Morgan fingerprint density at radius 1 is 1.57 bits per heavy atom. The van der Waals surface area contributed by atoms with Crippen LogP contribution in [0.2, 0.25) is 0 Å². The molecule has 76 valence electrons. The number of carbonyl (C=O) groups is 1. The molecular formula is C10H12FNO2. The normalized spacial score (nSPS) is 9.86. The van der Waals surface area contributed by atoms with E-state index in [9.17, 15) is 9.18 Å². The van der Waals surface area contributed by atoms with Gasteiger partial charge < -0.3 is 10.4 Å². The number of hydrogen-bond acceptors (Lipinski definition) is 2. The minimum atomic E-state index is -0.851.